The summed E-state index contributed by atoms with van der Waals surface area (Å²) in [6.07, 6.45) is 0. The van der Waals surface area contributed by atoms with Gasteiger partial charge >= 0.3 is 0 Å². The van der Waals surface area contributed by atoms with Gasteiger partial charge in [-0.15, -0.1) is 0 Å². The van der Waals surface area contributed by atoms with E-state index in [0.29, 0.717) is 0 Å². The largest absolute Gasteiger partial charge is 0.385 e. The third-order valence-corrected chi connectivity index (χ3v) is 0.577. The Morgan fingerprint density at radius 3 is 1.00 bits per heavy atom. The second-order valence-electron chi connectivity index (χ2n) is 1.15. The Morgan fingerprint density at radius 2 is 1.00 bits per heavy atom. The van der Waals surface area contributed by atoms with Gasteiger partial charge in [-0.3, -0.25) is 0 Å². The summed E-state index contributed by atoms with van der Waals surface area (Å²) in [5.74, 6) is 0. The summed E-state index contributed by atoms with van der Waals surface area (Å²) in [5.41, 5.74) is 0. The molecular weight excluding hydrogens is 363 g/mol. The fourth-order valence-electron chi connectivity index (χ4n) is 0. The third kappa shape index (κ3) is 287. The van der Waals surface area contributed by atoms with Gasteiger partial charge in [0.25, 0.3) is 0 Å². The molecule has 0 aromatic carbocycles. The molecule has 0 aromatic heterocycles. The summed E-state index contributed by atoms with van der Waals surface area (Å²) in [6.45, 7) is 5.56. The molecule has 0 aromatic rings. The molecule has 0 atom stereocenters. The molecule has 10 heavy (non-hydrogen) atoms. The maximum absolute atomic E-state index is 4.54. The minimum absolute atomic E-state index is 0. The fraction of sp³-hybridized carbons (Fsp3) is 0.857. The first-order chi connectivity index (χ1) is 3.83. The number of ether oxygens (including phenoxy) is 2. The van der Waals surface area contributed by atoms with Crippen molar-refractivity contribution in [3.8, 4) is 0 Å². The minimum atomic E-state index is 0. The average Bonchev–Trinajstić information content (AvgIpc) is 1.88. The van der Waals surface area contributed by atoms with E-state index in [9.17, 15) is 0 Å². The van der Waals surface area contributed by atoms with Crippen LogP contribution in [-0.2, 0) is 9.47 Å². The summed E-state index contributed by atoms with van der Waals surface area (Å²) in [5, 5.41) is 0. The van der Waals surface area contributed by atoms with Crippen LogP contribution in [0.4, 0.5) is 0 Å². The summed E-state index contributed by atoms with van der Waals surface area (Å²) in [6, 6.07) is 0. The van der Waals surface area contributed by atoms with Crippen molar-refractivity contribution >= 4 is 0 Å². The molecule has 0 aliphatic rings. The maximum Gasteiger partial charge on any atom is 0.0433 e. The molecule has 0 bridgehead atoms. The quantitative estimate of drug-likeness (QED) is 0.678. The van der Waals surface area contributed by atoms with E-state index in [1.807, 2.05) is 13.8 Å². The van der Waals surface area contributed by atoms with Gasteiger partial charge in [0.2, 0.25) is 0 Å². The van der Waals surface area contributed by atoms with Gasteiger partial charge in [-0.2, -0.15) is 0 Å². The molecule has 0 amide bonds. The van der Waals surface area contributed by atoms with Crippen LogP contribution in [0.25, 0.3) is 0 Å². The van der Waals surface area contributed by atoms with E-state index in [2.05, 4.69) is 9.47 Å². The maximum atomic E-state index is 4.54. The molecule has 0 N–H and O–H groups in total. The second kappa shape index (κ2) is 44.5. The van der Waals surface area contributed by atoms with E-state index in [-0.39, 0.29) is 7.43 Å². The van der Waals surface area contributed by atoms with Crippen molar-refractivity contribution in [2.75, 3.05) is 27.4 Å². The van der Waals surface area contributed by atoms with E-state index in [0.717, 1.165) is 13.2 Å². The van der Waals surface area contributed by atoms with Gasteiger partial charge in [0.05, 0.1) is 0 Å². The molecule has 0 aliphatic carbocycles. The summed E-state index contributed by atoms with van der Waals surface area (Å²) < 4.78 is 9.08. The van der Waals surface area contributed by atoms with Gasteiger partial charge in [-0.1, -0.05) is 0 Å². The van der Waals surface area contributed by atoms with E-state index in [4.69, 9.17) is 0 Å². The van der Waals surface area contributed by atoms with E-state index in [1.54, 1.807) is 14.2 Å². The SMILES string of the molecule is CCOC.CCOC.[CH3-].[Cm]. The fourth-order valence-corrected chi connectivity index (χ4v) is 0. The van der Waals surface area contributed by atoms with Crippen LogP contribution >= 0.6 is 0 Å². The summed E-state index contributed by atoms with van der Waals surface area (Å²) >= 11 is 0. The van der Waals surface area contributed by atoms with Crippen molar-refractivity contribution in [2.45, 2.75) is 13.8 Å². The van der Waals surface area contributed by atoms with Crippen molar-refractivity contribution in [3.63, 3.8) is 0 Å². The van der Waals surface area contributed by atoms with Gasteiger partial charge < -0.3 is 16.9 Å². The Bertz CT molecular complexity index is 19.6. The first-order valence-electron chi connectivity index (χ1n) is 2.81. The molecule has 0 rings (SSSR count). The molecule has 0 unspecified atom stereocenters. The van der Waals surface area contributed by atoms with E-state index < -0.39 is 0 Å². The predicted octanol–water partition coefficient (Wildman–Crippen LogP) is 1.76. The Labute approximate surface area is 59.2 Å². The molecular formula is C7H19CmO2-. The third-order valence-electron chi connectivity index (χ3n) is 0.577. The Hall–Kier alpha value is -1.08. The van der Waals surface area contributed by atoms with Crippen LogP contribution in [0.1, 0.15) is 13.8 Å². The van der Waals surface area contributed by atoms with Crippen molar-refractivity contribution < 1.29 is 9.47 Å². The van der Waals surface area contributed by atoms with E-state index in [1.165, 1.54) is 0 Å². The van der Waals surface area contributed by atoms with Crippen LogP contribution in [-0.4, -0.2) is 27.4 Å². The predicted molar refractivity (Wildman–Crippen MR) is 41.5 cm³/mol. The van der Waals surface area contributed by atoms with Crippen molar-refractivity contribution in [3.05, 3.63) is 7.43 Å². The number of hydrogen-bond acceptors (Lipinski definition) is 2. The molecule has 0 heterocycles. The monoisotopic (exact) mass is 378 g/mol. The molecule has 0 spiro atoms. The van der Waals surface area contributed by atoms with Crippen LogP contribution in [0.3, 0.4) is 0 Å². The van der Waals surface area contributed by atoms with Gasteiger partial charge in [-0.05, 0) is 13.8 Å². The molecule has 0 saturated heterocycles. The molecule has 3 heteroatoms. The van der Waals surface area contributed by atoms with Crippen molar-refractivity contribution in [2.24, 2.45) is 0 Å². The molecule has 0 aliphatic heterocycles. The summed E-state index contributed by atoms with van der Waals surface area (Å²) in [4.78, 5) is 0. The zero-order chi connectivity index (χ0) is 6.83. The molecule has 68 valence electrons. The topological polar surface area (TPSA) is 18.5 Å². The summed E-state index contributed by atoms with van der Waals surface area (Å²) in [7, 11) is 3.36. The van der Waals surface area contributed by atoms with Gasteiger partial charge in [0.15, 0.2) is 0 Å². The van der Waals surface area contributed by atoms with Crippen LogP contribution in [0.2, 0.25) is 0 Å². The van der Waals surface area contributed by atoms with Gasteiger partial charge in [-0.25, -0.2) is 0 Å². The Balaban J connectivity index is -0.0000000300. The standard InChI is InChI=1S/2C3H8O.CH3.Cm/c2*1-3-4-2;;/h2*3H2,1-2H3;1H3;/q;;-1;. The zero-order valence-corrected chi connectivity index (χ0v) is 10.5. The van der Waals surface area contributed by atoms with Gasteiger partial charge in [0, 0.05) is 27.4 Å². The molecule has 0 radical (unpaired) electrons. The first kappa shape index (κ1) is 23.1. The smallest absolute Gasteiger partial charge is 0.0433 e. The number of hydrogen-bond donors (Lipinski definition) is 0. The van der Waals surface area contributed by atoms with Crippen LogP contribution in [0.5, 0.6) is 0 Å². The van der Waals surface area contributed by atoms with Crippen LogP contribution < -0.4 is 0 Å². The Kier molecular flexibility index (Phi) is 103. The van der Waals surface area contributed by atoms with E-state index >= 15 is 0 Å². The molecule has 0 fully saturated rings. The van der Waals surface area contributed by atoms with Crippen LogP contribution in [0.15, 0.2) is 0 Å². The average molecular weight is 382 g/mol. The zero-order valence-electron chi connectivity index (χ0n) is 7.58. The van der Waals surface area contributed by atoms with Gasteiger partial charge in [0.1, 0.15) is 0 Å². The number of methoxy groups -OCH3 is 2. The minimum Gasteiger partial charge on any atom is -0.385 e. The van der Waals surface area contributed by atoms with Crippen molar-refractivity contribution in [1.82, 2.24) is 0 Å². The number of rotatable bonds is 2. The molecule has 2 nitrogen and oxygen atoms in total. The van der Waals surface area contributed by atoms with Crippen LogP contribution in [0, 0.1) is 7.43 Å². The van der Waals surface area contributed by atoms with Crippen molar-refractivity contribution in [1.29, 1.82) is 0 Å². The second-order valence-corrected chi connectivity index (χ2v) is 1.15. The molecule has 0 saturated carbocycles. The normalized spacial score (nSPS) is 6.00. The Morgan fingerprint density at radius 1 is 0.900 bits per heavy atom. The first-order valence-corrected chi connectivity index (χ1v) is 2.81.